The van der Waals surface area contributed by atoms with Crippen molar-refractivity contribution in [3.63, 3.8) is 0 Å². The van der Waals surface area contributed by atoms with Gasteiger partial charge in [-0.05, 0) is 31.5 Å². The van der Waals surface area contributed by atoms with Crippen LogP contribution in [0.4, 0.5) is 4.79 Å². The molecule has 0 spiro atoms. The maximum atomic E-state index is 12.5. The van der Waals surface area contributed by atoms with Crippen molar-refractivity contribution in [2.45, 2.75) is 30.7 Å². The highest BCUT2D eigenvalue weighted by Crippen LogP contribution is 2.26. The van der Waals surface area contributed by atoms with Gasteiger partial charge in [-0.25, -0.2) is 22.9 Å². The molecule has 1 aromatic heterocycles. The standard InChI is InChI=1S/C17H22N4O5S2/c1-17(2,15-19-7-8-27-15)20-14(22)10-11-5-6-12(26-4)13(9-11)28(24,25)21-16(23)18-3/h5-9H,10H2,1-4H3,(H,20,22)(H2,18,21,23). The first kappa shape index (κ1) is 21.6. The van der Waals surface area contributed by atoms with Crippen LogP contribution >= 0.6 is 11.3 Å². The molecule has 2 rings (SSSR count). The maximum Gasteiger partial charge on any atom is 0.328 e. The highest BCUT2D eigenvalue weighted by molar-refractivity contribution is 7.90. The van der Waals surface area contributed by atoms with E-state index in [1.807, 2.05) is 23.9 Å². The zero-order valence-corrected chi connectivity index (χ0v) is 17.5. The molecular weight excluding hydrogens is 404 g/mol. The molecular formula is C17H22N4O5S2. The van der Waals surface area contributed by atoms with Crippen LogP contribution in [0.3, 0.4) is 0 Å². The lowest BCUT2D eigenvalue weighted by atomic mass is 10.1. The highest BCUT2D eigenvalue weighted by Gasteiger charge is 2.26. The van der Waals surface area contributed by atoms with Gasteiger partial charge in [0.25, 0.3) is 10.0 Å². The van der Waals surface area contributed by atoms with E-state index in [1.54, 1.807) is 12.3 Å². The van der Waals surface area contributed by atoms with Crippen LogP contribution in [-0.4, -0.2) is 39.5 Å². The van der Waals surface area contributed by atoms with Crippen LogP contribution in [0.5, 0.6) is 5.75 Å². The third kappa shape index (κ3) is 5.20. The van der Waals surface area contributed by atoms with E-state index in [0.717, 1.165) is 5.01 Å². The number of hydrogen-bond donors (Lipinski definition) is 3. The minimum atomic E-state index is -4.17. The SMILES string of the molecule is CNC(=O)NS(=O)(=O)c1cc(CC(=O)NC(C)(C)c2nccs2)ccc1OC. The summed E-state index contributed by atoms with van der Waals surface area (Å²) in [5.41, 5.74) is -0.210. The fraction of sp³-hybridized carbons (Fsp3) is 0.353. The Labute approximate surface area is 167 Å². The van der Waals surface area contributed by atoms with E-state index in [0.29, 0.717) is 5.56 Å². The van der Waals surface area contributed by atoms with Crippen LogP contribution < -0.4 is 20.1 Å². The van der Waals surface area contributed by atoms with Crippen molar-refractivity contribution in [1.82, 2.24) is 20.3 Å². The van der Waals surface area contributed by atoms with E-state index >= 15 is 0 Å². The summed E-state index contributed by atoms with van der Waals surface area (Å²) in [6.45, 7) is 3.67. The van der Waals surface area contributed by atoms with Crippen molar-refractivity contribution >= 4 is 33.3 Å². The van der Waals surface area contributed by atoms with Crippen LogP contribution in [-0.2, 0) is 26.8 Å². The fourth-order valence-corrected chi connectivity index (χ4v) is 4.33. The molecule has 9 nitrogen and oxygen atoms in total. The van der Waals surface area contributed by atoms with Gasteiger partial charge in [0.2, 0.25) is 5.91 Å². The van der Waals surface area contributed by atoms with Gasteiger partial charge in [0.05, 0.1) is 19.1 Å². The minimum absolute atomic E-state index is 0.0543. The number of urea groups is 1. The third-order valence-corrected chi connectivity index (χ3v) is 6.20. The summed E-state index contributed by atoms with van der Waals surface area (Å²) < 4.78 is 31.8. The van der Waals surface area contributed by atoms with Crippen molar-refractivity contribution in [2.24, 2.45) is 0 Å². The molecule has 0 radical (unpaired) electrons. The van der Waals surface area contributed by atoms with Gasteiger partial charge in [0.1, 0.15) is 15.7 Å². The Morgan fingerprint density at radius 3 is 2.57 bits per heavy atom. The van der Waals surface area contributed by atoms with Gasteiger partial charge in [-0.2, -0.15) is 0 Å². The monoisotopic (exact) mass is 426 g/mol. The number of sulfonamides is 1. The number of thiazole rings is 1. The van der Waals surface area contributed by atoms with E-state index in [-0.39, 0.29) is 23.0 Å². The second-order valence-corrected chi connectivity index (χ2v) is 8.90. The zero-order chi connectivity index (χ0) is 20.9. The van der Waals surface area contributed by atoms with E-state index in [9.17, 15) is 18.0 Å². The van der Waals surface area contributed by atoms with Gasteiger partial charge in [0.15, 0.2) is 0 Å². The first-order chi connectivity index (χ1) is 13.1. The van der Waals surface area contributed by atoms with Crippen LogP contribution in [0.15, 0.2) is 34.7 Å². The zero-order valence-electron chi connectivity index (χ0n) is 15.9. The number of ether oxygens (including phenoxy) is 1. The number of amides is 3. The molecule has 0 aliphatic heterocycles. The summed E-state index contributed by atoms with van der Waals surface area (Å²) >= 11 is 1.43. The summed E-state index contributed by atoms with van der Waals surface area (Å²) in [6, 6.07) is 3.45. The molecule has 0 aliphatic rings. The Balaban J connectivity index is 2.23. The average Bonchev–Trinajstić information content (AvgIpc) is 3.16. The van der Waals surface area contributed by atoms with Crippen LogP contribution in [0.1, 0.15) is 24.4 Å². The fourth-order valence-electron chi connectivity index (χ4n) is 2.43. The van der Waals surface area contributed by atoms with Crippen molar-refractivity contribution < 1.29 is 22.7 Å². The van der Waals surface area contributed by atoms with Gasteiger partial charge in [-0.1, -0.05) is 6.07 Å². The number of nitrogens with zero attached hydrogens (tertiary/aromatic N) is 1. The largest absolute Gasteiger partial charge is 0.495 e. The first-order valence-corrected chi connectivity index (χ1v) is 10.6. The van der Waals surface area contributed by atoms with Crippen molar-refractivity contribution in [1.29, 1.82) is 0 Å². The maximum absolute atomic E-state index is 12.5. The number of benzene rings is 1. The molecule has 0 bridgehead atoms. The Morgan fingerprint density at radius 1 is 1.29 bits per heavy atom. The van der Waals surface area contributed by atoms with Crippen LogP contribution in [0.2, 0.25) is 0 Å². The predicted octanol–water partition coefficient (Wildman–Crippen LogP) is 1.36. The number of hydrogen-bond acceptors (Lipinski definition) is 7. The smallest absolute Gasteiger partial charge is 0.328 e. The Kier molecular flexibility index (Phi) is 6.62. The number of aromatic nitrogens is 1. The number of carbonyl (C=O) groups is 2. The molecule has 1 heterocycles. The summed E-state index contributed by atoms with van der Waals surface area (Å²) in [5.74, 6) is -0.239. The van der Waals surface area contributed by atoms with Gasteiger partial charge in [-0.3, -0.25) is 4.79 Å². The van der Waals surface area contributed by atoms with E-state index in [1.165, 1.54) is 37.6 Å². The molecule has 2 aromatic rings. The molecule has 11 heteroatoms. The Morgan fingerprint density at radius 2 is 2.00 bits per heavy atom. The molecule has 0 fully saturated rings. The van der Waals surface area contributed by atoms with Gasteiger partial charge < -0.3 is 15.4 Å². The highest BCUT2D eigenvalue weighted by atomic mass is 32.2. The lowest BCUT2D eigenvalue weighted by Crippen LogP contribution is -2.41. The average molecular weight is 427 g/mol. The lowest BCUT2D eigenvalue weighted by Gasteiger charge is -2.24. The number of rotatable bonds is 7. The Hall–Kier alpha value is -2.66. The lowest BCUT2D eigenvalue weighted by molar-refractivity contribution is -0.122. The number of carbonyl (C=O) groups excluding carboxylic acids is 2. The van der Waals surface area contributed by atoms with Crippen molar-refractivity contribution in [2.75, 3.05) is 14.2 Å². The summed E-state index contributed by atoms with van der Waals surface area (Å²) in [7, 11) is -1.56. The molecule has 0 unspecified atom stereocenters. The summed E-state index contributed by atoms with van der Waals surface area (Å²) in [4.78, 5) is 27.9. The number of nitrogens with one attached hydrogen (secondary N) is 3. The topological polar surface area (TPSA) is 126 Å². The van der Waals surface area contributed by atoms with Gasteiger partial charge in [-0.15, -0.1) is 11.3 Å². The first-order valence-electron chi connectivity index (χ1n) is 8.21. The summed E-state index contributed by atoms with van der Waals surface area (Å²) in [6.07, 6.45) is 1.61. The van der Waals surface area contributed by atoms with Crippen molar-refractivity contribution in [3.05, 3.63) is 40.3 Å². The second kappa shape index (κ2) is 8.57. The molecule has 3 amide bonds. The number of methoxy groups -OCH3 is 1. The van der Waals surface area contributed by atoms with Gasteiger partial charge in [0, 0.05) is 18.6 Å². The molecule has 0 saturated carbocycles. The minimum Gasteiger partial charge on any atom is -0.495 e. The molecule has 1 aromatic carbocycles. The Bertz CT molecular complexity index is 956. The molecule has 0 saturated heterocycles. The molecule has 0 atom stereocenters. The molecule has 0 aliphatic carbocycles. The second-order valence-electron chi connectivity index (χ2n) is 6.36. The molecule has 28 heavy (non-hydrogen) atoms. The molecule has 3 N–H and O–H groups in total. The van der Waals surface area contributed by atoms with Crippen LogP contribution in [0, 0.1) is 0 Å². The quantitative estimate of drug-likeness (QED) is 0.614. The van der Waals surface area contributed by atoms with E-state index < -0.39 is 21.6 Å². The predicted molar refractivity (Wildman–Crippen MR) is 105 cm³/mol. The third-order valence-electron chi connectivity index (χ3n) is 3.76. The van der Waals surface area contributed by atoms with Crippen LogP contribution in [0.25, 0.3) is 0 Å². The normalized spacial score (nSPS) is 11.6. The van der Waals surface area contributed by atoms with Crippen molar-refractivity contribution in [3.8, 4) is 5.75 Å². The molecule has 152 valence electrons. The van der Waals surface area contributed by atoms with Gasteiger partial charge >= 0.3 is 6.03 Å². The van der Waals surface area contributed by atoms with E-state index in [4.69, 9.17) is 4.74 Å². The summed E-state index contributed by atoms with van der Waals surface area (Å²) in [5, 5.41) is 7.64. The van der Waals surface area contributed by atoms with E-state index in [2.05, 4.69) is 15.6 Å².